The third-order valence-electron chi connectivity index (χ3n) is 3.14. The minimum Gasteiger partial charge on any atom is -0.376 e. The monoisotopic (exact) mass is 263 g/mol. The van der Waals surface area contributed by atoms with Crippen molar-refractivity contribution < 1.29 is 9.53 Å². The maximum atomic E-state index is 11.7. The van der Waals surface area contributed by atoms with E-state index in [0.717, 1.165) is 17.9 Å². The molecule has 1 heterocycles. The third-order valence-corrected chi connectivity index (χ3v) is 3.14. The van der Waals surface area contributed by atoms with E-state index in [1.54, 1.807) is 0 Å². The van der Waals surface area contributed by atoms with Gasteiger partial charge in [0.2, 0.25) is 5.91 Å². The number of nitrogens with zero attached hydrogens (tertiary/aromatic N) is 1. The van der Waals surface area contributed by atoms with Crippen molar-refractivity contribution in [2.45, 2.75) is 20.0 Å². The highest BCUT2D eigenvalue weighted by Gasteiger charge is 2.19. The molecular weight excluding hydrogens is 242 g/mol. The van der Waals surface area contributed by atoms with Gasteiger partial charge < -0.3 is 20.7 Å². The van der Waals surface area contributed by atoms with Crippen molar-refractivity contribution in [2.24, 2.45) is 11.7 Å². The number of anilines is 2. The van der Waals surface area contributed by atoms with Crippen LogP contribution in [0.25, 0.3) is 0 Å². The van der Waals surface area contributed by atoms with Gasteiger partial charge in [0.15, 0.2) is 0 Å². The first-order valence-electron chi connectivity index (χ1n) is 6.59. The highest BCUT2D eigenvalue weighted by atomic mass is 16.5. The van der Waals surface area contributed by atoms with Gasteiger partial charge in [-0.15, -0.1) is 0 Å². The summed E-state index contributed by atoms with van der Waals surface area (Å²) >= 11 is 0. The van der Waals surface area contributed by atoms with Gasteiger partial charge in [-0.25, -0.2) is 0 Å². The van der Waals surface area contributed by atoms with Gasteiger partial charge in [0.25, 0.3) is 0 Å². The van der Waals surface area contributed by atoms with Crippen LogP contribution in [-0.2, 0) is 9.53 Å². The fourth-order valence-corrected chi connectivity index (χ4v) is 1.99. The lowest BCUT2D eigenvalue weighted by Gasteiger charge is -2.35. The average Bonchev–Trinajstić information content (AvgIpc) is 2.39. The third kappa shape index (κ3) is 3.45. The summed E-state index contributed by atoms with van der Waals surface area (Å²) in [5, 5.41) is 2.90. The Morgan fingerprint density at radius 1 is 1.53 bits per heavy atom. The van der Waals surface area contributed by atoms with Crippen LogP contribution in [0, 0.1) is 5.92 Å². The van der Waals surface area contributed by atoms with Crippen molar-refractivity contribution in [3.05, 3.63) is 24.3 Å². The summed E-state index contributed by atoms with van der Waals surface area (Å²) in [6, 6.07) is 7.75. The largest absolute Gasteiger partial charge is 0.376 e. The summed E-state index contributed by atoms with van der Waals surface area (Å²) in [6.07, 6.45) is -0.134. The molecule has 0 aromatic heterocycles. The Morgan fingerprint density at radius 3 is 3.00 bits per heavy atom. The molecule has 1 fully saturated rings. The predicted molar refractivity (Wildman–Crippen MR) is 76.1 cm³/mol. The van der Waals surface area contributed by atoms with Crippen LogP contribution in [-0.4, -0.2) is 31.8 Å². The highest BCUT2D eigenvalue weighted by molar-refractivity contribution is 5.92. The lowest BCUT2D eigenvalue weighted by molar-refractivity contribution is -0.118. The topological polar surface area (TPSA) is 67.6 Å². The summed E-state index contributed by atoms with van der Waals surface area (Å²) in [7, 11) is 0. The van der Waals surface area contributed by atoms with E-state index in [9.17, 15) is 4.79 Å². The van der Waals surface area contributed by atoms with E-state index in [4.69, 9.17) is 10.5 Å². The molecule has 1 amide bonds. The molecule has 1 aliphatic heterocycles. The smallest absolute Gasteiger partial charge is 0.226 e. The van der Waals surface area contributed by atoms with E-state index >= 15 is 0 Å². The Bertz CT molecular complexity index is 448. The summed E-state index contributed by atoms with van der Waals surface area (Å²) < 4.78 is 5.32. The number of morpholine rings is 1. The van der Waals surface area contributed by atoms with Crippen molar-refractivity contribution in [1.82, 2.24) is 0 Å². The van der Waals surface area contributed by atoms with E-state index in [2.05, 4.69) is 10.2 Å². The lowest BCUT2D eigenvalue weighted by atomic mass is 10.2. The molecule has 0 saturated carbocycles. The molecule has 1 aromatic carbocycles. The number of hydrogen-bond acceptors (Lipinski definition) is 4. The number of rotatable bonds is 3. The van der Waals surface area contributed by atoms with Gasteiger partial charge in [-0.2, -0.15) is 0 Å². The molecule has 1 aliphatic rings. The normalized spacial score (nSPS) is 19.6. The second kappa shape index (κ2) is 6.04. The van der Waals surface area contributed by atoms with E-state index in [0.29, 0.717) is 13.2 Å². The number of nitrogens with one attached hydrogen (secondary N) is 1. The predicted octanol–water partition coefficient (Wildman–Crippen LogP) is 1.40. The first-order valence-corrected chi connectivity index (χ1v) is 6.59. The van der Waals surface area contributed by atoms with Crippen LogP contribution in [0.4, 0.5) is 11.4 Å². The van der Waals surface area contributed by atoms with Crippen LogP contribution in [0.2, 0.25) is 0 Å². The SMILES string of the molecule is CC(C)C(=O)Nc1cccc(N2CCOCC2N)c1. The van der Waals surface area contributed by atoms with Gasteiger partial charge in [0.05, 0.1) is 13.2 Å². The number of nitrogens with two attached hydrogens (primary N) is 1. The summed E-state index contributed by atoms with van der Waals surface area (Å²) in [6.45, 7) is 5.72. The van der Waals surface area contributed by atoms with Crippen LogP contribution in [0.15, 0.2) is 24.3 Å². The molecule has 1 aromatic rings. The fourth-order valence-electron chi connectivity index (χ4n) is 1.99. The molecule has 2 rings (SSSR count). The zero-order chi connectivity index (χ0) is 13.8. The quantitative estimate of drug-likeness (QED) is 0.865. The van der Waals surface area contributed by atoms with Crippen LogP contribution >= 0.6 is 0 Å². The maximum Gasteiger partial charge on any atom is 0.226 e. The van der Waals surface area contributed by atoms with Crippen LogP contribution in [0.1, 0.15) is 13.8 Å². The highest BCUT2D eigenvalue weighted by Crippen LogP contribution is 2.22. The minimum absolute atomic E-state index is 0.0171. The van der Waals surface area contributed by atoms with E-state index in [1.807, 2.05) is 38.1 Å². The van der Waals surface area contributed by atoms with Gasteiger partial charge >= 0.3 is 0 Å². The molecule has 5 heteroatoms. The molecular formula is C14H21N3O2. The van der Waals surface area contributed by atoms with Crippen molar-refractivity contribution in [3.8, 4) is 0 Å². The Morgan fingerprint density at radius 2 is 2.32 bits per heavy atom. The molecule has 1 saturated heterocycles. The molecule has 104 valence electrons. The summed E-state index contributed by atoms with van der Waals surface area (Å²) in [4.78, 5) is 13.8. The van der Waals surface area contributed by atoms with Gasteiger partial charge in [0, 0.05) is 23.8 Å². The lowest BCUT2D eigenvalue weighted by Crippen LogP contribution is -2.51. The summed E-state index contributed by atoms with van der Waals surface area (Å²) in [5.41, 5.74) is 7.84. The van der Waals surface area contributed by atoms with Gasteiger partial charge in [-0.05, 0) is 18.2 Å². The number of hydrogen-bond donors (Lipinski definition) is 2. The fraction of sp³-hybridized carbons (Fsp3) is 0.500. The van der Waals surface area contributed by atoms with E-state index < -0.39 is 0 Å². The Balaban J connectivity index is 2.12. The Hall–Kier alpha value is -1.59. The second-order valence-electron chi connectivity index (χ2n) is 5.03. The van der Waals surface area contributed by atoms with Gasteiger partial charge in [-0.1, -0.05) is 19.9 Å². The molecule has 19 heavy (non-hydrogen) atoms. The first kappa shape index (κ1) is 13.8. The number of ether oxygens (including phenoxy) is 1. The average molecular weight is 263 g/mol. The number of benzene rings is 1. The molecule has 5 nitrogen and oxygen atoms in total. The zero-order valence-electron chi connectivity index (χ0n) is 11.4. The van der Waals surface area contributed by atoms with E-state index in [1.165, 1.54) is 0 Å². The molecule has 0 bridgehead atoms. The molecule has 1 atom stereocenters. The minimum atomic E-state index is -0.134. The van der Waals surface area contributed by atoms with Crippen LogP contribution in [0.5, 0.6) is 0 Å². The first-order chi connectivity index (χ1) is 9.08. The number of carbonyl (C=O) groups excluding carboxylic acids is 1. The van der Waals surface area contributed by atoms with Crippen LogP contribution in [0.3, 0.4) is 0 Å². The van der Waals surface area contributed by atoms with Gasteiger partial charge in [0.1, 0.15) is 6.17 Å². The van der Waals surface area contributed by atoms with Crippen molar-refractivity contribution in [1.29, 1.82) is 0 Å². The van der Waals surface area contributed by atoms with Crippen molar-refractivity contribution in [2.75, 3.05) is 30.0 Å². The molecule has 1 unspecified atom stereocenters. The van der Waals surface area contributed by atoms with E-state index in [-0.39, 0.29) is 18.0 Å². The molecule has 3 N–H and O–H groups in total. The Kier molecular flexibility index (Phi) is 4.39. The molecule has 0 spiro atoms. The second-order valence-corrected chi connectivity index (χ2v) is 5.03. The zero-order valence-corrected chi connectivity index (χ0v) is 11.4. The summed E-state index contributed by atoms with van der Waals surface area (Å²) in [5.74, 6) is -0.0160. The maximum absolute atomic E-state index is 11.7. The van der Waals surface area contributed by atoms with Crippen molar-refractivity contribution in [3.63, 3.8) is 0 Å². The number of amides is 1. The standard InChI is InChI=1S/C14H21N3O2/c1-10(2)14(18)16-11-4-3-5-12(8-11)17-6-7-19-9-13(17)15/h3-5,8,10,13H,6-7,9,15H2,1-2H3,(H,16,18). The van der Waals surface area contributed by atoms with Crippen LogP contribution < -0.4 is 16.0 Å². The Labute approximate surface area is 113 Å². The molecule has 0 aliphatic carbocycles. The van der Waals surface area contributed by atoms with Gasteiger partial charge in [-0.3, -0.25) is 4.79 Å². The number of carbonyl (C=O) groups is 1. The molecule has 0 radical (unpaired) electrons. The van der Waals surface area contributed by atoms with Crippen molar-refractivity contribution >= 4 is 17.3 Å².